The third kappa shape index (κ3) is 3.90. The van der Waals surface area contributed by atoms with Crippen molar-refractivity contribution in [3.05, 3.63) is 23.4 Å². The summed E-state index contributed by atoms with van der Waals surface area (Å²) in [5, 5.41) is 3.95. The van der Waals surface area contributed by atoms with Crippen LogP contribution < -0.4 is 5.32 Å². The Morgan fingerprint density at radius 3 is 2.64 bits per heavy atom. The summed E-state index contributed by atoms with van der Waals surface area (Å²) >= 11 is 5.81. The summed E-state index contributed by atoms with van der Waals surface area (Å²) in [6, 6.07) is 3.72. The number of pyridine rings is 1. The van der Waals surface area contributed by atoms with Gasteiger partial charge in [-0.1, -0.05) is 18.0 Å². The fourth-order valence-electron chi connectivity index (χ4n) is 2.93. The molecule has 1 N–H and O–H groups in total. The number of nitrogens with one attached hydrogen (secondary N) is 1. The van der Waals surface area contributed by atoms with Crippen LogP contribution in [0, 0.1) is 5.92 Å². The van der Waals surface area contributed by atoms with Crippen molar-refractivity contribution in [3.63, 3.8) is 0 Å². The van der Waals surface area contributed by atoms with Crippen LogP contribution in [0.4, 0.5) is 5.82 Å². The summed E-state index contributed by atoms with van der Waals surface area (Å²) in [6.07, 6.45) is 5.06. The van der Waals surface area contributed by atoms with E-state index in [0.717, 1.165) is 57.9 Å². The van der Waals surface area contributed by atoms with Gasteiger partial charge in [0.05, 0.1) is 5.02 Å². The fraction of sp³-hybridized carbons (Fsp3) is 0.625. The van der Waals surface area contributed by atoms with Gasteiger partial charge in [0, 0.05) is 51.4 Å². The van der Waals surface area contributed by atoms with Gasteiger partial charge < -0.3 is 10.2 Å². The molecule has 22 heavy (non-hydrogen) atoms. The Morgan fingerprint density at radius 1 is 1.27 bits per heavy atom. The molecule has 0 atom stereocenters. The first kappa shape index (κ1) is 15.6. The van der Waals surface area contributed by atoms with E-state index in [9.17, 15) is 4.79 Å². The van der Waals surface area contributed by atoms with E-state index >= 15 is 0 Å². The van der Waals surface area contributed by atoms with E-state index in [0.29, 0.717) is 16.8 Å². The third-order valence-corrected chi connectivity index (χ3v) is 4.82. The number of hydrogen-bond donors (Lipinski definition) is 1. The van der Waals surface area contributed by atoms with Crippen LogP contribution in [0.5, 0.6) is 0 Å². The van der Waals surface area contributed by atoms with Crippen molar-refractivity contribution in [2.75, 3.05) is 44.6 Å². The van der Waals surface area contributed by atoms with Crippen molar-refractivity contribution in [2.45, 2.75) is 19.3 Å². The Bertz CT molecular complexity index is 495. The van der Waals surface area contributed by atoms with Crippen molar-refractivity contribution in [3.8, 4) is 0 Å². The number of rotatable bonds is 5. The van der Waals surface area contributed by atoms with E-state index in [2.05, 4.69) is 20.1 Å². The van der Waals surface area contributed by atoms with Crippen LogP contribution >= 0.6 is 11.6 Å². The van der Waals surface area contributed by atoms with Crippen LogP contribution in [-0.4, -0.2) is 60.0 Å². The molecule has 6 heteroatoms. The first-order valence-electron chi connectivity index (χ1n) is 8.09. The molecule has 1 aromatic rings. The standard InChI is InChI=1S/C16H23ClN4O/c17-14-4-5-15(19-12-14)18-6-7-20-8-10-21(11-9-20)16(22)13-2-1-3-13/h4-5,12-13H,1-3,6-11H2,(H,18,19). The van der Waals surface area contributed by atoms with Crippen molar-refractivity contribution in [2.24, 2.45) is 5.92 Å². The van der Waals surface area contributed by atoms with Crippen molar-refractivity contribution < 1.29 is 4.79 Å². The Labute approximate surface area is 136 Å². The van der Waals surface area contributed by atoms with Crippen molar-refractivity contribution in [1.29, 1.82) is 0 Å². The maximum atomic E-state index is 12.2. The molecule has 120 valence electrons. The second kappa shape index (κ2) is 7.29. The van der Waals surface area contributed by atoms with Gasteiger partial charge in [-0.25, -0.2) is 4.98 Å². The number of carbonyl (C=O) groups is 1. The summed E-state index contributed by atoms with van der Waals surface area (Å²) < 4.78 is 0. The van der Waals surface area contributed by atoms with Gasteiger partial charge in [0.15, 0.2) is 0 Å². The molecule has 1 aromatic heterocycles. The molecular formula is C16H23ClN4O. The van der Waals surface area contributed by atoms with Crippen molar-refractivity contribution in [1.82, 2.24) is 14.8 Å². The maximum absolute atomic E-state index is 12.2. The summed E-state index contributed by atoms with van der Waals surface area (Å²) in [5.74, 6) is 1.56. The highest BCUT2D eigenvalue weighted by molar-refractivity contribution is 6.30. The van der Waals surface area contributed by atoms with Gasteiger partial charge in [-0.05, 0) is 25.0 Å². The minimum Gasteiger partial charge on any atom is -0.369 e. The molecule has 2 fully saturated rings. The Balaban J connectivity index is 1.35. The zero-order chi connectivity index (χ0) is 15.4. The quantitative estimate of drug-likeness (QED) is 0.902. The number of hydrogen-bond acceptors (Lipinski definition) is 4. The zero-order valence-corrected chi connectivity index (χ0v) is 13.6. The minimum absolute atomic E-state index is 0.323. The zero-order valence-electron chi connectivity index (χ0n) is 12.8. The van der Waals surface area contributed by atoms with Gasteiger partial charge in [-0.3, -0.25) is 9.69 Å². The predicted octanol–water partition coefficient (Wildman–Crippen LogP) is 2.09. The predicted molar refractivity (Wildman–Crippen MR) is 88.1 cm³/mol. The van der Waals surface area contributed by atoms with Crippen LogP contribution in [0.25, 0.3) is 0 Å². The summed E-state index contributed by atoms with van der Waals surface area (Å²) in [4.78, 5) is 20.9. The second-order valence-corrected chi connectivity index (χ2v) is 6.52. The van der Waals surface area contributed by atoms with Crippen LogP contribution in [0.1, 0.15) is 19.3 Å². The van der Waals surface area contributed by atoms with Gasteiger partial charge in [-0.2, -0.15) is 0 Å². The molecule has 0 unspecified atom stereocenters. The molecule has 1 saturated heterocycles. The third-order valence-electron chi connectivity index (χ3n) is 4.60. The summed E-state index contributed by atoms with van der Waals surface area (Å²) in [6.45, 7) is 5.49. The number of anilines is 1. The summed E-state index contributed by atoms with van der Waals surface area (Å²) in [7, 11) is 0. The Kier molecular flexibility index (Phi) is 5.16. The molecular weight excluding hydrogens is 300 g/mol. The van der Waals surface area contributed by atoms with Gasteiger partial charge in [0.25, 0.3) is 0 Å². The van der Waals surface area contributed by atoms with E-state index in [4.69, 9.17) is 11.6 Å². The van der Waals surface area contributed by atoms with Crippen LogP contribution in [0.3, 0.4) is 0 Å². The average Bonchev–Trinajstić information content (AvgIpc) is 2.48. The number of nitrogens with zero attached hydrogens (tertiary/aromatic N) is 3. The molecule has 2 aliphatic rings. The lowest BCUT2D eigenvalue weighted by atomic mass is 9.84. The first-order chi connectivity index (χ1) is 10.7. The molecule has 5 nitrogen and oxygen atoms in total. The Morgan fingerprint density at radius 2 is 2.05 bits per heavy atom. The fourth-order valence-corrected chi connectivity index (χ4v) is 3.04. The van der Waals surface area contributed by atoms with E-state index in [1.165, 1.54) is 6.42 Å². The monoisotopic (exact) mass is 322 g/mol. The molecule has 3 rings (SSSR count). The second-order valence-electron chi connectivity index (χ2n) is 6.08. The molecule has 2 heterocycles. The van der Waals surface area contributed by atoms with E-state index < -0.39 is 0 Å². The van der Waals surface area contributed by atoms with Gasteiger partial charge in [-0.15, -0.1) is 0 Å². The maximum Gasteiger partial charge on any atom is 0.225 e. The highest BCUT2D eigenvalue weighted by atomic mass is 35.5. The van der Waals surface area contributed by atoms with Crippen LogP contribution in [0.2, 0.25) is 5.02 Å². The molecule has 1 saturated carbocycles. The normalized spacial score (nSPS) is 19.8. The smallest absolute Gasteiger partial charge is 0.225 e. The number of piperazine rings is 1. The largest absolute Gasteiger partial charge is 0.369 e. The molecule has 0 bridgehead atoms. The highest BCUT2D eigenvalue weighted by Gasteiger charge is 2.30. The lowest BCUT2D eigenvalue weighted by molar-refractivity contribution is -0.139. The van der Waals surface area contributed by atoms with Crippen LogP contribution in [-0.2, 0) is 4.79 Å². The summed E-state index contributed by atoms with van der Waals surface area (Å²) in [5.41, 5.74) is 0. The lowest BCUT2D eigenvalue weighted by Crippen LogP contribution is -2.51. The molecule has 1 aliphatic heterocycles. The lowest BCUT2D eigenvalue weighted by Gasteiger charge is -2.38. The van der Waals surface area contributed by atoms with E-state index in [1.807, 2.05) is 12.1 Å². The number of carbonyl (C=O) groups excluding carboxylic acids is 1. The van der Waals surface area contributed by atoms with E-state index in [-0.39, 0.29) is 0 Å². The highest BCUT2D eigenvalue weighted by Crippen LogP contribution is 2.28. The molecule has 1 aliphatic carbocycles. The van der Waals surface area contributed by atoms with Gasteiger partial charge in [0.2, 0.25) is 5.91 Å². The van der Waals surface area contributed by atoms with Gasteiger partial charge in [0.1, 0.15) is 5.82 Å². The van der Waals surface area contributed by atoms with Crippen LogP contribution in [0.15, 0.2) is 18.3 Å². The molecule has 0 aromatic carbocycles. The number of amides is 1. The average molecular weight is 323 g/mol. The minimum atomic E-state index is 0.323. The molecule has 1 amide bonds. The molecule has 0 spiro atoms. The molecule has 0 radical (unpaired) electrons. The SMILES string of the molecule is O=C(C1CCC1)N1CCN(CCNc2ccc(Cl)cn2)CC1. The first-order valence-corrected chi connectivity index (χ1v) is 8.47. The number of halogens is 1. The topological polar surface area (TPSA) is 48.5 Å². The van der Waals surface area contributed by atoms with E-state index in [1.54, 1.807) is 6.20 Å². The number of aromatic nitrogens is 1. The Hall–Kier alpha value is -1.33. The van der Waals surface area contributed by atoms with Gasteiger partial charge >= 0.3 is 0 Å². The van der Waals surface area contributed by atoms with Crippen molar-refractivity contribution >= 4 is 23.3 Å².